The van der Waals surface area contributed by atoms with E-state index in [4.69, 9.17) is 10.5 Å². The highest BCUT2D eigenvalue weighted by atomic mass is 19.1. The first kappa shape index (κ1) is 15.3. The second-order valence-corrected chi connectivity index (χ2v) is 5.53. The number of hydrogen-bond acceptors (Lipinski definition) is 5. The van der Waals surface area contributed by atoms with Crippen LogP contribution in [0.25, 0.3) is 0 Å². The molecule has 0 unspecified atom stereocenters. The molecule has 2 aliphatic heterocycles. The van der Waals surface area contributed by atoms with E-state index in [-0.39, 0.29) is 6.54 Å². The molecule has 23 heavy (non-hydrogen) atoms. The van der Waals surface area contributed by atoms with Crippen LogP contribution in [0.4, 0.5) is 14.9 Å². The van der Waals surface area contributed by atoms with Gasteiger partial charge in [-0.3, -0.25) is 14.7 Å². The zero-order valence-electron chi connectivity index (χ0n) is 12.7. The van der Waals surface area contributed by atoms with Crippen LogP contribution in [0.2, 0.25) is 0 Å². The number of benzene rings is 1. The number of nitrogens with two attached hydrogens (primary N) is 1. The maximum Gasteiger partial charge on any atom is 0.415 e. The normalized spacial score (nSPS) is 21.2. The van der Waals surface area contributed by atoms with Crippen molar-refractivity contribution in [3.8, 4) is 0 Å². The van der Waals surface area contributed by atoms with Crippen LogP contribution in [0.3, 0.4) is 0 Å². The molecule has 2 aliphatic rings. The van der Waals surface area contributed by atoms with Crippen LogP contribution in [-0.4, -0.2) is 55.5 Å². The predicted molar refractivity (Wildman–Crippen MR) is 81.9 cm³/mol. The third-order valence-electron chi connectivity index (χ3n) is 3.91. The largest absolute Gasteiger partial charge is 0.434 e. The molecule has 0 radical (unpaired) electrons. The first-order valence-electron chi connectivity index (χ1n) is 7.30. The van der Waals surface area contributed by atoms with Gasteiger partial charge in [0.1, 0.15) is 11.7 Å². The quantitative estimate of drug-likeness (QED) is 0.889. The smallest absolute Gasteiger partial charge is 0.415 e. The highest BCUT2D eigenvalue weighted by Crippen LogP contribution is 2.25. The van der Waals surface area contributed by atoms with E-state index in [1.165, 1.54) is 11.0 Å². The monoisotopic (exact) mass is 320 g/mol. The van der Waals surface area contributed by atoms with E-state index in [0.717, 1.165) is 13.0 Å². The Kier molecular flexibility index (Phi) is 3.89. The molecule has 2 amide bonds. The number of carbonyl (C=O) groups is 2. The number of rotatable bonds is 3. The van der Waals surface area contributed by atoms with Gasteiger partial charge >= 0.3 is 6.09 Å². The molecule has 0 bridgehead atoms. The van der Waals surface area contributed by atoms with Gasteiger partial charge in [-0.2, -0.15) is 0 Å². The number of carbonyl (C=O) groups excluding carboxylic acids is 2. The predicted octanol–water partition coefficient (Wildman–Crippen LogP) is 0.718. The number of amidine groups is 1. The molecule has 2 N–H and O–H groups in total. The zero-order valence-corrected chi connectivity index (χ0v) is 12.7. The molecule has 1 saturated heterocycles. The van der Waals surface area contributed by atoms with Gasteiger partial charge in [0.25, 0.3) is 5.91 Å². The summed E-state index contributed by atoms with van der Waals surface area (Å²) >= 11 is 0. The number of primary amides is 1. The average molecular weight is 320 g/mol. The molecule has 2 heterocycles. The van der Waals surface area contributed by atoms with Crippen molar-refractivity contribution >= 4 is 23.5 Å². The van der Waals surface area contributed by atoms with Crippen molar-refractivity contribution in [1.29, 1.82) is 0 Å². The number of cyclic esters (lactones) is 1. The van der Waals surface area contributed by atoms with Gasteiger partial charge in [0, 0.05) is 20.1 Å². The molecule has 0 spiro atoms. The second kappa shape index (κ2) is 5.86. The molecule has 1 aromatic rings. The van der Waals surface area contributed by atoms with Crippen molar-refractivity contribution in [2.75, 3.05) is 31.6 Å². The van der Waals surface area contributed by atoms with Gasteiger partial charge < -0.3 is 15.4 Å². The van der Waals surface area contributed by atoms with Crippen LogP contribution in [-0.2, 0) is 9.53 Å². The minimum atomic E-state index is -1.01. The Morgan fingerprint density at radius 1 is 1.48 bits per heavy atom. The lowest BCUT2D eigenvalue weighted by atomic mass is 10.1. The number of ether oxygens (including phenoxy) is 1. The van der Waals surface area contributed by atoms with E-state index in [1.54, 1.807) is 12.1 Å². The molecule has 8 heteroatoms. The van der Waals surface area contributed by atoms with E-state index in [2.05, 4.69) is 4.99 Å². The molecule has 0 aliphatic carbocycles. The van der Waals surface area contributed by atoms with Crippen LogP contribution in [0.1, 0.15) is 12.0 Å². The number of amides is 2. The van der Waals surface area contributed by atoms with E-state index in [0.29, 0.717) is 23.6 Å². The number of halogens is 1. The second-order valence-electron chi connectivity index (χ2n) is 5.53. The van der Waals surface area contributed by atoms with E-state index >= 15 is 0 Å². The molecule has 1 atom stereocenters. The van der Waals surface area contributed by atoms with E-state index in [9.17, 15) is 14.0 Å². The van der Waals surface area contributed by atoms with Crippen molar-refractivity contribution < 1.29 is 18.7 Å². The van der Waals surface area contributed by atoms with Gasteiger partial charge in [-0.05, 0) is 24.6 Å². The standard InChI is InChI=1S/C15H17FN4O3/c1-19-6-2-5-18-14(19)10-4-3-9(7-11(10)16)20-8-12(13(17)21)23-15(20)22/h3-4,7,12H,2,5-6,8H2,1H3,(H2,17,21)/t12-/m0/s1. The van der Waals surface area contributed by atoms with E-state index < -0.39 is 23.9 Å². The Labute approximate surface area is 132 Å². The maximum atomic E-state index is 14.5. The molecule has 0 saturated carbocycles. The summed E-state index contributed by atoms with van der Waals surface area (Å²) < 4.78 is 19.3. The number of nitrogens with zero attached hydrogens (tertiary/aromatic N) is 3. The summed E-state index contributed by atoms with van der Waals surface area (Å²) in [5, 5.41) is 0. The molecule has 0 aromatic heterocycles. The summed E-state index contributed by atoms with van der Waals surface area (Å²) in [6, 6.07) is 4.43. The Morgan fingerprint density at radius 2 is 2.26 bits per heavy atom. The summed E-state index contributed by atoms with van der Waals surface area (Å²) in [5.41, 5.74) is 5.83. The van der Waals surface area contributed by atoms with Gasteiger partial charge in [-0.15, -0.1) is 0 Å². The Balaban J connectivity index is 1.87. The summed E-state index contributed by atoms with van der Waals surface area (Å²) in [4.78, 5) is 30.3. The van der Waals surface area contributed by atoms with Gasteiger partial charge in [0.15, 0.2) is 6.10 Å². The molecular weight excluding hydrogens is 303 g/mol. The number of anilines is 1. The van der Waals surface area contributed by atoms with E-state index in [1.807, 2.05) is 11.9 Å². The van der Waals surface area contributed by atoms with Crippen molar-refractivity contribution in [2.24, 2.45) is 10.7 Å². The third-order valence-corrected chi connectivity index (χ3v) is 3.91. The Hall–Kier alpha value is -2.64. The minimum Gasteiger partial charge on any atom is -0.434 e. The number of aliphatic imine (C=N–C) groups is 1. The Bertz CT molecular complexity index is 691. The van der Waals surface area contributed by atoms with Crippen LogP contribution >= 0.6 is 0 Å². The van der Waals surface area contributed by atoms with Gasteiger partial charge in [0.2, 0.25) is 0 Å². The average Bonchev–Trinajstić information content (AvgIpc) is 2.90. The summed E-state index contributed by atoms with van der Waals surface area (Å²) in [7, 11) is 1.86. The van der Waals surface area contributed by atoms with Gasteiger partial charge in [-0.25, -0.2) is 9.18 Å². The highest BCUT2D eigenvalue weighted by Gasteiger charge is 2.36. The van der Waals surface area contributed by atoms with Crippen LogP contribution < -0.4 is 10.6 Å². The van der Waals surface area contributed by atoms with Crippen LogP contribution in [0.15, 0.2) is 23.2 Å². The molecular formula is C15H17FN4O3. The maximum absolute atomic E-state index is 14.5. The lowest BCUT2D eigenvalue weighted by Gasteiger charge is -2.25. The Morgan fingerprint density at radius 3 is 2.87 bits per heavy atom. The SMILES string of the molecule is CN1CCCN=C1c1ccc(N2C[C@@H](C(N)=O)OC2=O)cc1F. The fraction of sp³-hybridized carbons (Fsp3) is 0.400. The fourth-order valence-corrected chi connectivity index (χ4v) is 2.69. The molecule has 122 valence electrons. The third kappa shape index (κ3) is 2.84. The summed E-state index contributed by atoms with van der Waals surface area (Å²) in [5.74, 6) is -0.610. The molecule has 1 aromatic carbocycles. The van der Waals surface area contributed by atoms with Gasteiger partial charge in [-0.1, -0.05) is 0 Å². The van der Waals surface area contributed by atoms with Crippen molar-refractivity contribution in [3.05, 3.63) is 29.6 Å². The van der Waals surface area contributed by atoms with Crippen molar-refractivity contribution in [3.63, 3.8) is 0 Å². The van der Waals surface area contributed by atoms with Crippen LogP contribution in [0.5, 0.6) is 0 Å². The minimum absolute atomic E-state index is 0.0200. The van der Waals surface area contributed by atoms with Crippen molar-refractivity contribution in [2.45, 2.75) is 12.5 Å². The number of hydrogen-bond donors (Lipinski definition) is 1. The molecule has 1 fully saturated rings. The highest BCUT2D eigenvalue weighted by molar-refractivity contribution is 6.00. The molecule has 7 nitrogen and oxygen atoms in total. The first-order chi connectivity index (χ1) is 11.0. The lowest BCUT2D eigenvalue weighted by Crippen LogP contribution is -2.34. The fourth-order valence-electron chi connectivity index (χ4n) is 2.69. The first-order valence-corrected chi connectivity index (χ1v) is 7.30. The van der Waals surface area contributed by atoms with Gasteiger partial charge in [0.05, 0.1) is 17.8 Å². The van der Waals surface area contributed by atoms with Crippen LogP contribution in [0, 0.1) is 5.82 Å². The summed E-state index contributed by atoms with van der Waals surface area (Å²) in [6.07, 6.45) is -0.791. The van der Waals surface area contributed by atoms with Crippen molar-refractivity contribution in [1.82, 2.24) is 4.90 Å². The molecule has 3 rings (SSSR count). The lowest BCUT2D eigenvalue weighted by molar-refractivity contribution is -0.124. The topological polar surface area (TPSA) is 88.2 Å². The summed E-state index contributed by atoms with van der Waals surface area (Å²) in [6.45, 7) is 1.46. The zero-order chi connectivity index (χ0) is 16.6.